The lowest BCUT2D eigenvalue weighted by Gasteiger charge is -2.29. The number of halogens is 5. The van der Waals surface area contributed by atoms with Gasteiger partial charge in [0.1, 0.15) is 11.3 Å². The summed E-state index contributed by atoms with van der Waals surface area (Å²) in [4.78, 5) is 0. The number of para-hydroxylation sites is 1. The summed E-state index contributed by atoms with van der Waals surface area (Å²) in [6.07, 6.45) is -4.77. The van der Waals surface area contributed by atoms with Crippen molar-refractivity contribution in [1.29, 1.82) is 0 Å². The SMILES string of the molecule is CC(N)(c1ccccc1OC(F)F)C(F)(F)F. The number of alkyl halides is 5. The molecule has 0 aliphatic rings. The standard InChI is InChI=1S/C10H10F5NO/c1-9(16,10(13,14)15)6-4-2-3-5-7(6)17-8(11)12/h2-5,8H,16H2,1H3. The molecule has 0 aliphatic carbocycles. The first kappa shape index (κ1) is 13.7. The van der Waals surface area contributed by atoms with E-state index in [0.29, 0.717) is 6.92 Å². The Morgan fingerprint density at radius 2 is 1.71 bits per heavy atom. The van der Waals surface area contributed by atoms with E-state index in [2.05, 4.69) is 4.74 Å². The summed E-state index contributed by atoms with van der Waals surface area (Å²) >= 11 is 0. The van der Waals surface area contributed by atoms with Crippen molar-refractivity contribution in [2.45, 2.75) is 25.3 Å². The van der Waals surface area contributed by atoms with Crippen LogP contribution in [0.2, 0.25) is 0 Å². The Morgan fingerprint density at radius 3 is 2.18 bits per heavy atom. The van der Waals surface area contributed by atoms with Gasteiger partial charge in [-0.05, 0) is 13.0 Å². The van der Waals surface area contributed by atoms with Crippen LogP contribution in [-0.2, 0) is 5.54 Å². The molecule has 1 unspecified atom stereocenters. The third-order valence-corrected chi connectivity index (χ3v) is 2.25. The van der Waals surface area contributed by atoms with Crippen molar-refractivity contribution in [3.8, 4) is 5.75 Å². The van der Waals surface area contributed by atoms with Gasteiger partial charge < -0.3 is 10.5 Å². The summed E-state index contributed by atoms with van der Waals surface area (Å²) in [6, 6.07) is 4.57. The molecule has 1 rings (SSSR count). The van der Waals surface area contributed by atoms with E-state index >= 15 is 0 Å². The number of rotatable bonds is 3. The monoisotopic (exact) mass is 255 g/mol. The zero-order valence-corrected chi connectivity index (χ0v) is 8.76. The third-order valence-electron chi connectivity index (χ3n) is 2.25. The van der Waals surface area contributed by atoms with Gasteiger partial charge in [-0.25, -0.2) is 0 Å². The molecular formula is C10H10F5NO. The lowest BCUT2D eigenvalue weighted by Crippen LogP contribution is -2.47. The highest BCUT2D eigenvalue weighted by atomic mass is 19.4. The molecule has 0 amide bonds. The van der Waals surface area contributed by atoms with Gasteiger partial charge in [-0.3, -0.25) is 0 Å². The predicted molar refractivity (Wildman–Crippen MR) is 50.7 cm³/mol. The van der Waals surface area contributed by atoms with Crippen molar-refractivity contribution >= 4 is 0 Å². The van der Waals surface area contributed by atoms with Gasteiger partial charge >= 0.3 is 12.8 Å². The van der Waals surface area contributed by atoms with E-state index in [1.807, 2.05) is 0 Å². The molecule has 1 atom stereocenters. The second-order valence-electron chi connectivity index (χ2n) is 3.57. The van der Waals surface area contributed by atoms with Crippen LogP contribution in [0.3, 0.4) is 0 Å². The van der Waals surface area contributed by atoms with Gasteiger partial charge in [-0.15, -0.1) is 0 Å². The van der Waals surface area contributed by atoms with E-state index in [9.17, 15) is 22.0 Å². The minimum Gasteiger partial charge on any atom is -0.434 e. The number of hydrogen-bond acceptors (Lipinski definition) is 2. The van der Waals surface area contributed by atoms with Crippen LogP contribution in [0.15, 0.2) is 24.3 Å². The van der Waals surface area contributed by atoms with Crippen LogP contribution in [0.4, 0.5) is 22.0 Å². The predicted octanol–water partition coefficient (Wildman–Crippen LogP) is 3.02. The Labute approximate surface area is 94.2 Å². The molecule has 96 valence electrons. The Balaban J connectivity index is 3.22. The first-order chi connectivity index (χ1) is 7.66. The van der Waals surface area contributed by atoms with Crippen molar-refractivity contribution < 1.29 is 26.7 Å². The zero-order valence-electron chi connectivity index (χ0n) is 8.76. The fraction of sp³-hybridized carbons (Fsp3) is 0.400. The maximum atomic E-state index is 12.7. The number of ether oxygens (including phenoxy) is 1. The van der Waals surface area contributed by atoms with Gasteiger partial charge in [-0.1, -0.05) is 18.2 Å². The van der Waals surface area contributed by atoms with Crippen molar-refractivity contribution in [2.75, 3.05) is 0 Å². The highest BCUT2D eigenvalue weighted by molar-refractivity contribution is 5.39. The van der Waals surface area contributed by atoms with E-state index in [-0.39, 0.29) is 0 Å². The van der Waals surface area contributed by atoms with Crippen LogP contribution in [-0.4, -0.2) is 12.8 Å². The summed E-state index contributed by atoms with van der Waals surface area (Å²) < 4.78 is 66.1. The number of hydrogen-bond donors (Lipinski definition) is 1. The normalized spacial score (nSPS) is 15.8. The summed E-state index contributed by atoms with van der Waals surface area (Å²) in [5, 5.41) is 0. The van der Waals surface area contributed by atoms with Crippen LogP contribution in [0.5, 0.6) is 5.75 Å². The van der Waals surface area contributed by atoms with Gasteiger partial charge in [0.05, 0.1) is 0 Å². The van der Waals surface area contributed by atoms with Crippen LogP contribution in [0.1, 0.15) is 12.5 Å². The molecule has 2 N–H and O–H groups in total. The van der Waals surface area contributed by atoms with Gasteiger partial charge in [0.25, 0.3) is 0 Å². The lowest BCUT2D eigenvalue weighted by atomic mass is 9.92. The molecule has 1 aromatic carbocycles. The molecule has 0 bridgehead atoms. The first-order valence-corrected chi connectivity index (χ1v) is 4.56. The second-order valence-corrected chi connectivity index (χ2v) is 3.57. The maximum Gasteiger partial charge on any atom is 0.410 e. The molecule has 0 fully saturated rings. The molecule has 0 aliphatic heterocycles. The van der Waals surface area contributed by atoms with Crippen molar-refractivity contribution in [1.82, 2.24) is 0 Å². The third kappa shape index (κ3) is 2.85. The molecule has 1 aromatic rings. The molecule has 17 heavy (non-hydrogen) atoms. The fourth-order valence-electron chi connectivity index (χ4n) is 1.25. The van der Waals surface area contributed by atoms with E-state index in [4.69, 9.17) is 5.73 Å². The first-order valence-electron chi connectivity index (χ1n) is 4.56. The zero-order chi connectivity index (χ0) is 13.3. The fourth-order valence-corrected chi connectivity index (χ4v) is 1.25. The van der Waals surface area contributed by atoms with Gasteiger partial charge in [0.2, 0.25) is 0 Å². The largest absolute Gasteiger partial charge is 0.434 e. The highest BCUT2D eigenvalue weighted by Gasteiger charge is 2.50. The van der Waals surface area contributed by atoms with Crippen molar-refractivity contribution in [2.24, 2.45) is 5.73 Å². The molecule has 0 saturated carbocycles. The Hall–Kier alpha value is -1.37. The topological polar surface area (TPSA) is 35.2 Å². The minimum atomic E-state index is -4.77. The number of nitrogens with two attached hydrogens (primary N) is 1. The molecule has 2 nitrogen and oxygen atoms in total. The van der Waals surface area contributed by atoms with E-state index < -0.39 is 29.6 Å². The molecule has 0 heterocycles. The van der Waals surface area contributed by atoms with E-state index in [1.54, 1.807) is 0 Å². The molecule has 0 radical (unpaired) electrons. The quantitative estimate of drug-likeness (QED) is 0.842. The second kappa shape index (κ2) is 4.48. The summed E-state index contributed by atoms with van der Waals surface area (Å²) in [5.74, 6) is -0.579. The summed E-state index contributed by atoms with van der Waals surface area (Å²) in [6.45, 7) is -2.51. The lowest BCUT2D eigenvalue weighted by molar-refractivity contribution is -0.185. The van der Waals surface area contributed by atoms with Gasteiger partial charge in [-0.2, -0.15) is 22.0 Å². The van der Waals surface area contributed by atoms with Crippen LogP contribution < -0.4 is 10.5 Å². The summed E-state index contributed by atoms with van der Waals surface area (Å²) in [5.41, 5.74) is 1.86. The van der Waals surface area contributed by atoms with Crippen LogP contribution >= 0.6 is 0 Å². The van der Waals surface area contributed by atoms with Gasteiger partial charge in [0.15, 0.2) is 0 Å². The Bertz CT molecular complexity index is 389. The maximum absolute atomic E-state index is 12.7. The van der Waals surface area contributed by atoms with Crippen LogP contribution in [0.25, 0.3) is 0 Å². The van der Waals surface area contributed by atoms with Crippen molar-refractivity contribution in [3.05, 3.63) is 29.8 Å². The average molecular weight is 255 g/mol. The van der Waals surface area contributed by atoms with Crippen molar-refractivity contribution in [3.63, 3.8) is 0 Å². The molecular weight excluding hydrogens is 245 g/mol. The summed E-state index contributed by atoms with van der Waals surface area (Å²) in [7, 11) is 0. The van der Waals surface area contributed by atoms with Crippen LogP contribution in [0, 0.1) is 0 Å². The molecule has 7 heteroatoms. The smallest absolute Gasteiger partial charge is 0.410 e. The minimum absolute atomic E-state index is 0.534. The molecule has 0 spiro atoms. The highest BCUT2D eigenvalue weighted by Crippen LogP contribution is 2.40. The van der Waals surface area contributed by atoms with E-state index in [0.717, 1.165) is 12.1 Å². The Morgan fingerprint density at radius 1 is 1.18 bits per heavy atom. The average Bonchev–Trinajstić information content (AvgIpc) is 2.15. The molecule has 0 saturated heterocycles. The van der Waals surface area contributed by atoms with E-state index in [1.165, 1.54) is 12.1 Å². The molecule has 0 aromatic heterocycles. The Kier molecular flexibility index (Phi) is 3.61. The van der Waals surface area contributed by atoms with Gasteiger partial charge in [0, 0.05) is 5.56 Å². The number of benzene rings is 1.